The predicted molar refractivity (Wildman–Crippen MR) is 110 cm³/mol. The van der Waals surface area contributed by atoms with Crippen molar-refractivity contribution in [2.75, 3.05) is 25.9 Å². The summed E-state index contributed by atoms with van der Waals surface area (Å²) in [5, 5.41) is 1.48. The SMILES string of the molecule is CCOP(=O)(CCCN(OCc1ccccc1)C(=O)C1CCCCC1)OCC. The van der Waals surface area contributed by atoms with Crippen molar-refractivity contribution in [1.29, 1.82) is 0 Å². The van der Waals surface area contributed by atoms with Crippen molar-refractivity contribution in [2.45, 2.75) is 59.0 Å². The molecule has 1 saturated carbocycles. The maximum atomic E-state index is 13.0. The van der Waals surface area contributed by atoms with Gasteiger partial charge in [0.15, 0.2) is 0 Å². The second-order valence-electron chi connectivity index (χ2n) is 7.06. The molecule has 28 heavy (non-hydrogen) atoms. The van der Waals surface area contributed by atoms with Crippen LogP contribution in [0.15, 0.2) is 30.3 Å². The van der Waals surface area contributed by atoms with E-state index in [1.165, 1.54) is 11.5 Å². The summed E-state index contributed by atoms with van der Waals surface area (Å²) in [6.45, 7) is 5.00. The van der Waals surface area contributed by atoms with Gasteiger partial charge in [-0.2, -0.15) is 0 Å². The van der Waals surface area contributed by atoms with Gasteiger partial charge in [0.25, 0.3) is 0 Å². The zero-order valence-corrected chi connectivity index (χ0v) is 18.1. The van der Waals surface area contributed by atoms with Crippen molar-refractivity contribution in [1.82, 2.24) is 5.06 Å². The van der Waals surface area contributed by atoms with Crippen LogP contribution in [0.3, 0.4) is 0 Å². The number of carbonyl (C=O) groups excluding carboxylic acids is 1. The molecule has 0 aromatic heterocycles. The number of hydroxylamine groups is 2. The zero-order chi connectivity index (χ0) is 20.2. The minimum atomic E-state index is -3.11. The maximum absolute atomic E-state index is 13.0. The van der Waals surface area contributed by atoms with Gasteiger partial charge in [0, 0.05) is 12.5 Å². The van der Waals surface area contributed by atoms with Gasteiger partial charge >= 0.3 is 7.60 Å². The standard InChI is InChI=1S/C21H34NO5P/c1-3-26-28(24,27-4-2)17-11-16-22(21(23)20-14-9-6-10-15-20)25-18-19-12-7-5-8-13-19/h5,7-8,12-13,20H,3-4,6,9-11,14-18H2,1-2H3. The number of amides is 1. The van der Waals surface area contributed by atoms with E-state index in [9.17, 15) is 9.36 Å². The largest absolute Gasteiger partial charge is 0.330 e. The van der Waals surface area contributed by atoms with Crippen LogP contribution in [0.4, 0.5) is 0 Å². The van der Waals surface area contributed by atoms with Crippen molar-refractivity contribution < 1.29 is 23.2 Å². The van der Waals surface area contributed by atoms with Gasteiger partial charge in [-0.05, 0) is 38.7 Å². The van der Waals surface area contributed by atoms with Crippen molar-refractivity contribution in [2.24, 2.45) is 5.92 Å². The first-order valence-corrected chi connectivity index (χ1v) is 12.2. The summed E-state index contributed by atoms with van der Waals surface area (Å²) in [5.41, 5.74) is 1.01. The summed E-state index contributed by atoms with van der Waals surface area (Å²) in [4.78, 5) is 18.9. The molecule has 1 aliphatic carbocycles. The summed E-state index contributed by atoms with van der Waals surface area (Å²) < 4.78 is 23.4. The molecule has 0 saturated heterocycles. The summed E-state index contributed by atoms with van der Waals surface area (Å²) in [5.74, 6) is 0.0633. The minimum absolute atomic E-state index is 0.0233. The fourth-order valence-corrected chi connectivity index (χ4v) is 5.13. The fraction of sp³-hybridized carbons (Fsp3) is 0.667. The van der Waals surface area contributed by atoms with Crippen LogP contribution < -0.4 is 0 Å². The molecular formula is C21H34NO5P. The van der Waals surface area contributed by atoms with Gasteiger partial charge in [-0.25, -0.2) is 5.06 Å². The topological polar surface area (TPSA) is 65.1 Å². The van der Waals surface area contributed by atoms with E-state index in [0.717, 1.165) is 31.2 Å². The van der Waals surface area contributed by atoms with Crippen molar-refractivity contribution >= 4 is 13.5 Å². The van der Waals surface area contributed by atoms with Gasteiger partial charge in [-0.3, -0.25) is 14.2 Å². The molecule has 6 nitrogen and oxygen atoms in total. The van der Waals surface area contributed by atoms with E-state index < -0.39 is 7.60 Å². The van der Waals surface area contributed by atoms with Crippen LogP contribution in [0, 0.1) is 5.92 Å². The average Bonchev–Trinajstić information content (AvgIpc) is 2.72. The molecule has 0 N–H and O–H groups in total. The molecule has 0 radical (unpaired) electrons. The Morgan fingerprint density at radius 2 is 1.71 bits per heavy atom. The van der Waals surface area contributed by atoms with Gasteiger partial charge in [-0.15, -0.1) is 0 Å². The molecule has 0 heterocycles. The van der Waals surface area contributed by atoms with E-state index in [2.05, 4.69) is 0 Å². The fourth-order valence-electron chi connectivity index (χ4n) is 3.49. The molecule has 1 amide bonds. The van der Waals surface area contributed by atoms with Gasteiger partial charge in [0.2, 0.25) is 5.91 Å². The Kier molecular flexibility index (Phi) is 10.2. The lowest BCUT2D eigenvalue weighted by Gasteiger charge is -2.29. The van der Waals surface area contributed by atoms with Crippen molar-refractivity contribution in [3.05, 3.63) is 35.9 Å². The second kappa shape index (κ2) is 12.4. The van der Waals surface area contributed by atoms with Gasteiger partial charge < -0.3 is 9.05 Å². The Labute approximate surface area is 169 Å². The molecule has 7 heteroatoms. The van der Waals surface area contributed by atoms with Gasteiger partial charge in [0.1, 0.15) is 6.61 Å². The highest BCUT2D eigenvalue weighted by atomic mass is 31.2. The van der Waals surface area contributed by atoms with E-state index in [0.29, 0.717) is 32.8 Å². The summed E-state index contributed by atoms with van der Waals surface area (Å²) >= 11 is 0. The quantitative estimate of drug-likeness (QED) is 0.350. The molecule has 158 valence electrons. The number of nitrogens with zero attached hydrogens (tertiary/aromatic N) is 1. The van der Waals surface area contributed by atoms with E-state index in [4.69, 9.17) is 13.9 Å². The summed E-state index contributed by atoms with van der Waals surface area (Å²) in [6, 6.07) is 9.80. The third kappa shape index (κ3) is 7.67. The summed E-state index contributed by atoms with van der Waals surface area (Å²) in [7, 11) is -3.11. The van der Waals surface area contributed by atoms with Gasteiger partial charge in [-0.1, -0.05) is 49.6 Å². The Hall–Kier alpha value is -1.20. The normalized spacial score (nSPS) is 15.5. The monoisotopic (exact) mass is 411 g/mol. The van der Waals surface area contributed by atoms with Crippen LogP contribution in [-0.4, -0.2) is 36.9 Å². The van der Waals surface area contributed by atoms with E-state index in [-0.39, 0.29) is 18.0 Å². The van der Waals surface area contributed by atoms with Crippen molar-refractivity contribution in [3.8, 4) is 0 Å². The maximum Gasteiger partial charge on any atom is 0.330 e. The van der Waals surface area contributed by atoms with Crippen molar-refractivity contribution in [3.63, 3.8) is 0 Å². The predicted octanol–water partition coefficient (Wildman–Crippen LogP) is 5.18. The smallest absolute Gasteiger partial charge is 0.309 e. The Morgan fingerprint density at radius 1 is 1.07 bits per heavy atom. The lowest BCUT2D eigenvalue weighted by atomic mass is 9.88. The number of rotatable bonds is 12. The number of hydrogen-bond donors (Lipinski definition) is 0. The molecule has 0 aliphatic heterocycles. The third-order valence-electron chi connectivity index (χ3n) is 4.87. The molecule has 1 fully saturated rings. The van der Waals surface area contributed by atoms with E-state index in [1.54, 1.807) is 13.8 Å². The number of carbonyl (C=O) groups is 1. The first kappa shape index (κ1) is 23.1. The number of benzene rings is 1. The lowest BCUT2D eigenvalue weighted by molar-refractivity contribution is -0.197. The molecule has 0 spiro atoms. The minimum Gasteiger partial charge on any atom is -0.309 e. The van der Waals surface area contributed by atoms with Crippen LogP contribution >= 0.6 is 7.60 Å². The molecule has 0 atom stereocenters. The third-order valence-corrected chi connectivity index (χ3v) is 7.04. The highest BCUT2D eigenvalue weighted by Gasteiger charge is 2.28. The Morgan fingerprint density at radius 3 is 2.32 bits per heavy atom. The van der Waals surface area contributed by atoms with Crippen LogP contribution in [0.5, 0.6) is 0 Å². The number of hydrogen-bond acceptors (Lipinski definition) is 5. The van der Waals surface area contributed by atoms with Crippen LogP contribution in [0.2, 0.25) is 0 Å². The highest BCUT2D eigenvalue weighted by molar-refractivity contribution is 7.53. The second-order valence-corrected chi connectivity index (χ2v) is 9.24. The molecule has 1 aliphatic rings. The molecular weight excluding hydrogens is 377 g/mol. The van der Waals surface area contributed by atoms with Gasteiger partial charge in [0.05, 0.1) is 19.4 Å². The van der Waals surface area contributed by atoms with Crippen LogP contribution in [0.25, 0.3) is 0 Å². The lowest BCUT2D eigenvalue weighted by Crippen LogP contribution is -2.38. The summed E-state index contributed by atoms with van der Waals surface area (Å²) in [6.07, 6.45) is 5.99. The molecule has 2 rings (SSSR count). The molecule has 0 unspecified atom stereocenters. The Bertz CT molecular complexity index is 608. The van der Waals surface area contributed by atoms with Crippen LogP contribution in [-0.2, 0) is 29.9 Å². The zero-order valence-electron chi connectivity index (χ0n) is 17.2. The first-order valence-electron chi connectivity index (χ1n) is 10.4. The first-order chi connectivity index (χ1) is 13.6. The molecule has 0 bridgehead atoms. The van der Waals surface area contributed by atoms with Crippen LogP contribution in [0.1, 0.15) is 57.9 Å². The average molecular weight is 411 g/mol. The highest BCUT2D eigenvalue weighted by Crippen LogP contribution is 2.48. The Balaban J connectivity index is 1.96. The molecule has 1 aromatic rings. The van der Waals surface area contributed by atoms with E-state index >= 15 is 0 Å². The molecule has 1 aromatic carbocycles. The van der Waals surface area contributed by atoms with E-state index in [1.807, 2.05) is 30.3 Å².